The number of carbonyl (C=O) groups excluding carboxylic acids is 3. The molecule has 0 rings (SSSR count). The Hall–Kier alpha value is -1.79. The monoisotopic (exact) mass is 329 g/mol. The molecule has 2 atom stereocenters. The number of amides is 3. The van der Waals surface area contributed by atoms with Crippen molar-refractivity contribution in [3.8, 4) is 0 Å². The lowest BCUT2D eigenvalue weighted by molar-refractivity contribution is -0.129. The van der Waals surface area contributed by atoms with Gasteiger partial charge in [0.2, 0.25) is 11.8 Å². The standard InChI is InChI=1S/C16H31N3O4/c1-9(2)8-11(13(17)20)18-14(21)12(10(3)4)19-15(22)23-16(5,6)7/h9-12H,8H2,1-7H3,(H2,17,20)(H,18,21)(H,19,22)/t11-,12+/m0/s1. The molecule has 0 spiro atoms. The average Bonchev–Trinajstić information content (AvgIpc) is 2.31. The van der Waals surface area contributed by atoms with Crippen molar-refractivity contribution in [2.75, 3.05) is 0 Å². The molecule has 0 radical (unpaired) electrons. The van der Waals surface area contributed by atoms with Crippen molar-refractivity contribution in [3.05, 3.63) is 0 Å². The molecular weight excluding hydrogens is 298 g/mol. The Labute approximate surface area is 138 Å². The van der Waals surface area contributed by atoms with Gasteiger partial charge in [-0.1, -0.05) is 27.7 Å². The topological polar surface area (TPSA) is 111 Å². The summed E-state index contributed by atoms with van der Waals surface area (Å²) in [6, 6.07) is -1.57. The zero-order valence-electron chi connectivity index (χ0n) is 15.2. The molecule has 0 aliphatic carbocycles. The predicted molar refractivity (Wildman–Crippen MR) is 88.6 cm³/mol. The van der Waals surface area contributed by atoms with Gasteiger partial charge in [0.15, 0.2) is 0 Å². The van der Waals surface area contributed by atoms with Gasteiger partial charge in [-0.15, -0.1) is 0 Å². The lowest BCUT2D eigenvalue weighted by Crippen LogP contribution is -2.55. The summed E-state index contributed by atoms with van der Waals surface area (Å²) in [6.45, 7) is 12.7. The molecule has 0 aromatic heterocycles. The van der Waals surface area contributed by atoms with E-state index in [1.807, 2.05) is 13.8 Å². The van der Waals surface area contributed by atoms with Gasteiger partial charge in [0, 0.05) is 0 Å². The van der Waals surface area contributed by atoms with Crippen molar-refractivity contribution in [1.82, 2.24) is 10.6 Å². The van der Waals surface area contributed by atoms with Crippen molar-refractivity contribution in [1.29, 1.82) is 0 Å². The number of primary amides is 1. The first-order chi connectivity index (χ1) is 10.3. The van der Waals surface area contributed by atoms with Crippen molar-refractivity contribution >= 4 is 17.9 Å². The Morgan fingerprint density at radius 2 is 1.57 bits per heavy atom. The first-order valence-corrected chi connectivity index (χ1v) is 7.92. The summed E-state index contributed by atoms with van der Waals surface area (Å²) < 4.78 is 5.16. The Kier molecular flexibility index (Phi) is 8.06. The van der Waals surface area contributed by atoms with Crippen LogP contribution >= 0.6 is 0 Å². The van der Waals surface area contributed by atoms with Gasteiger partial charge in [0.1, 0.15) is 17.7 Å². The van der Waals surface area contributed by atoms with Crippen LogP contribution in [0.4, 0.5) is 4.79 Å². The molecule has 134 valence electrons. The Balaban J connectivity index is 4.91. The van der Waals surface area contributed by atoms with Gasteiger partial charge in [0.05, 0.1) is 0 Å². The molecule has 23 heavy (non-hydrogen) atoms. The summed E-state index contributed by atoms with van der Waals surface area (Å²) >= 11 is 0. The van der Waals surface area contributed by atoms with Gasteiger partial charge in [-0.25, -0.2) is 4.79 Å². The molecular formula is C16H31N3O4. The number of rotatable bonds is 7. The smallest absolute Gasteiger partial charge is 0.408 e. The first kappa shape index (κ1) is 21.2. The highest BCUT2D eigenvalue weighted by Gasteiger charge is 2.29. The van der Waals surface area contributed by atoms with Crippen LogP contribution in [0.1, 0.15) is 54.9 Å². The van der Waals surface area contributed by atoms with E-state index in [-0.39, 0.29) is 11.8 Å². The first-order valence-electron chi connectivity index (χ1n) is 7.92. The molecule has 0 aromatic carbocycles. The van der Waals surface area contributed by atoms with Gasteiger partial charge >= 0.3 is 6.09 Å². The minimum Gasteiger partial charge on any atom is -0.444 e. The van der Waals surface area contributed by atoms with Crippen molar-refractivity contribution in [2.45, 2.75) is 72.6 Å². The second-order valence-electron chi connectivity index (χ2n) is 7.46. The number of ether oxygens (including phenoxy) is 1. The van der Waals surface area contributed by atoms with E-state index in [4.69, 9.17) is 10.5 Å². The Morgan fingerprint density at radius 3 is 1.91 bits per heavy atom. The van der Waals surface area contributed by atoms with Crippen LogP contribution in [0.5, 0.6) is 0 Å². The number of nitrogens with one attached hydrogen (secondary N) is 2. The third-order valence-corrected chi connectivity index (χ3v) is 2.99. The van der Waals surface area contributed by atoms with E-state index >= 15 is 0 Å². The lowest BCUT2D eigenvalue weighted by atomic mass is 10.0. The highest BCUT2D eigenvalue weighted by molar-refractivity contribution is 5.90. The normalized spacial score (nSPS) is 14.3. The molecule has 0 aliphatic rings. The summed E-state index contributed by atoms with van der Waals surface area (Å²) in [7, 11) is 0. The fraction of sp³-hybridized carbons (Fsp3) is 0.812. The van der Waals surface area contributed by atoms with Crippen LogP contribution in [0.25, 0.3) is 0 Å². The summed E-state index contributed by atoms with van der Waals surface area (Å²) in [5.74, 6) is -1.01. The maximum absolute atomic E-state index is 12.4. The molecule has 7 nitrogen and oxygen atoms in total. The van der Waals surface area contributed by atoms with E-state index in [9.17, 15) is 14.4 Å². The average molecular weight is 329 g/mol. The maximum atomic E-state index is 12.4. The zero-order chi connectivity index (χ0) is 18.4. The number of hydrogen-bond acceptors (Lipinski definition) is 4. The van der Waals surface area contributed by atoms with Gasteiger partial charge in [-0.05, 0) is 39.0 Å². The largest absolute Gasteiger partial charge is 0.444 e. The fourth-order valence-electron chi connectivity index (χ4n) is 1.95. The fourth-order valence-corrected chi connectivity index (χ4v) is 1.95. The minimum atomic E-state index is -0.807. The number of nitrogens with two attached hydrogens (primary N) is 1. The van der Waals surface area contributed by atoms with E-state index in [1.54, 1.807) is 34.6 Å². The van der Waals surface area contributed by atoms with Crippen molar-refractivity contribution in [2.24, 2.45) is 17.6 Å². The van der Waals surface area contributed by atoms with Crippen molar-refractivity contribution in [3.63, 3.8) is 0 Å². The highest BCUT2D eigenvalue weighted by Crippen LogP contribution is 2.10. The third kappa shape index (κ3) is 9.05. The maximum Gasteiger partial charge on any atom is 0.408 e. The van der Waals surface area contributed by atoms with Crippen LogP contribution in [-0.2, 0) is 14.3 Å². The Bertz CT molecular complexity index is 428. The number of hydrogen-bond donors (Lipinski definition) is 3. The minimum absolute atomic E-state index is 0.171. The Morgan fingerprint density at radius 1 is 1.04 bits per heavy atom. The van der Waals surface area contributed by atoms with E-state index in [2.05, 4.69) is 10.6 Å². The van der Waals surface area contributed by atoms with Crippen molar-refractivity contribution < 1.29 is 19.1 Å². The van der Waals surface area contributed by atoms with Crippen LogP contribution in [0.15, 0.2) is 0 Å². The molecule has 0 aliphatic heterocycles. The molecule has 0 aromatic rings. The number of alkyl carbamates (subject to hydrolysis) is 1. The molecule has 4 N–H and O–H groups in total. The molecule has 0 bridgehead atoms. The zero-order valence-corrected chi connectivity index (χ0v) is 15.2. The molecule has 0 fully saturated rings. The van der Waals surface area contributed by atoms with Crippen LogP contribution in [0, 0.1) is 11.8 Å². The summed E-state index contributed by atoms with van der Waals surface area (Å²) in [5, 5.41) is 5.16. The highest BCUT2D eigenvalue weighted by atomic mass is 16.6. The van der Waals surface area contributed by atoms with Crippen LogP contribution in [0.3, 0.4) is 0 Å². The molecule has 0 unspecified atom stereocenters. The van der Waals surface area contributed by atoms with Crippen LogP contribution in [-0.4, -0.2) is 35.6 Å². The lowest BCUT2D eigenvalue weighted by Gasteiger charge is -2.27. The molecule has 7 heteroatoms. The van der Waals surface area contributed by atoms with E-state index in [0.717, 1.165) is 0 Å². The van der Waals surface area contributed by atoms with Gasteiger partial charge in [0.25, 0.3) is 0 Å². The third-order valence-electron chi connectivity index (χ3n) is 2.99. The van der Waals surface area contributed by atoms with Gasteiger partial charge < -0.3 is 21.1 Å². The number of carbonyl (C=O) groups is 3. The van der Waals surface area contributed by atoms with E-state index in [0.29, 0.717) is 6.42 Å². The summed E-state index contributed by atoms with van der Waals surface area (Å²) in [6.07, 6.45) is -0.232. The molecule has 0 saturated heterocycles. The van der Waals surface area contributed by atoms with E-state index in [1.165, 1.54) is 0 Å². The predicted octanol–water partition coefficient (Wildman–Crippen LogP) is 1.55. The SMILES string of the molecule is CC(C)C[C@H](NC(=O)[C@H](NC(=O)OC(C)(C)C)C(C)C)C(N)=O. The second-order valence-corrected chi connectivity index (χ2v) is 7.46. The van der Waals surface area contributed by atoms with Crippen LogP contribution in [0.2, 0.25) is 0 Å². The van der Waals surface area contributed by atoms with E-state index < -0.39 is 35.6 Å². The van der Waals surface area contributed by atoms with Gasteiger partial charge in [-0.2, -0.15) is 0 Å². The van der Waals surface area contributed by atoms with Gasteiger partial charge in [-0.3, -0.25) is 9.59 Å². The molecule has 0 saturated carbocycles. The van der Waals surface area contributed by atoms with Crippen LogP contribution < -0.4 is 16.4 Å². The summed E-state index contributed by atoms with van der Waals surface area (Å²) in [5.41, 5.74) is 4.67. The molecule has 3 amide bonds. The molecule has 0 heterocycles. The second kappa shape index (κ2) is 8.74. The quantitative estimate of drug-likeness (QED) is 0.658. The summed E-state index contributed by atoms with van der Waals surface area (Å²) in [4.78, 5) is 35.7.